The molecule has 0 aliphatic carbocycles. The van der Waals surface area contributed by atoms with Crippen molar-refractivity contribution in [2.24, 2.45) is 16.5 Å². The average molecular weight is 514 g/mol. The first-order valence-corrected chi connectivity index (χ1v) is 10.1. The van der Waals surface area contributed by atoms with Gasteiger partial charge < -0.3 is 21.7 Å². The molecule has 1 aliphatic rings. The van der Waals surface area contributed by atoms with E-state index in [9.17, 15) is 22.8 Å². The van der Waals surface area contributed by atoms with Crippen LogP contribution in [0.3, 0.4) is 0 Å². The summed E-state index contributed by atoms with van der Waals surface area (Å²) >= 11 is 3.19. The predicted octanol–water partition coefficient (Wildman–Crippen LogP) is 3.14. The van der Waals surface area contributed by atoms with Gasteiger partial charge in [-0.05, 0) is 52.7 Å². The Hall–Kier alpha value is -3.08. The highest BCUT2D eigenvalue weighted by molar-refractivity contribution is 9.11. The van der Waals surface area contributed by atoms with Crippen LogP contribution in [0.25, 0.3) is 0 Å². The zero-order valence-corrected chi connectivity index (χ0v) is 19.0. The third kappa shape index (κ3) is 5.39. The summed E-state index contributed by atoms with van der Waals surface area (Å²) in [5.74, 6) is -2.34. The normalized spacial score (nSPS) is 19.6. The van der Waals surface area contributed by atoms with Crippen LogP contribution in [0, 0.1) is 5.82 Å². The molecule has 172 valence electrons. The number of nitrogens with one attached hydrogen (secondary N) is 1. The average Bonchev–Trinajstić information content (AvgIpc) is 2.73. The maximum Gasteiger partial charge on any atom is 0.269 e. The second-order valence-corrected chi connectivity index (χ2v) is 8.13. The molecule has 1 aliphatic heterocycles. The van der Waals surface area contributed by atoms with Crippen LogP contribution in [0.2, 0.25) is 0 Å². The molecule has 1 aromatic rings. The van der Waals surface area contributed by atoms with E-state index in [2.05, 4.69) is 32.8 Å². The van der Waals surface area contributed by atoms with Crippen molar-refractivity contribution in [2.45, 2.75) is 25.8 Å². The summed E-state index contributed by atoms with van der Waals surface area (Å²) in [5.41, 5.74) is 8.78. The summed E-state index contributed by atoms with van der Waals surface area (Å²) in [6.07, 6.45) is -0.324. The Morgan fingerprint density at radius 1 is 1.38 bits per heavy atom. The van der Waals surface area contributed by atoms with E-state index in [-0.39, 0.29) is 23.6 Å². The lowest BCUT2D eigenvalue weighted by atomic mass is 9.87. The van der Waals surface area contributed by atoms with Gasteiger partial charge in [-0.1, -0.05) is 6.58 Å². The summed E-state index contributed by atoms with van der Waals surface area (Å²) in [6.45, 7) is 5.82. The number of hydrogen-bond donors (Lipinski definition) is 3. The van der Waals surface area contributed by atoms with E-state index < -0.39 is 41.7 Å². The van der Waals surface area contributed by atoms with Crippen molar-refractivity contribution in [3.63, 3.8) is 0 Å². The van der Waals surface area contributed by atoms with E-state index in [1.807, 2.05) is 0 Å². The molecule has 0 spiro atoms. The zero-order chi connectivity index (χ0) is 24.2. The molecule has 0 aromatic heterocycles. The number of carbonyl (C=O) groups is 2. The van der Waals surface area contributed by atoms with Gasteiger partial charge in [0.05, 0.1) is 13.1 Å². The van der Waals surface area contributed by atoms with Gasteiger partial charge in [-0.25, -0.2) is 13.2 Å². The van der Waals surface area contributed by atoms with Crippen molar-refractivity contribution in [1.29, 1.82) is 0 Å². The van der Waals surface area contributed by atoms with Crippen molar-refractivity contribution in [2.75, 3.05) is 18.4 Å². The van der Waals surface area contributed by atoms with Crippen molar-refractivity contribution in [3.8, 4) is 0 Å². The number of halogens is 4. The number of amidine groups is 1. The van der Waals surface area contributed by atoms with Crippen LogP contribution in [0.4, 0.5) is 18.9 Å². The van der Waals surface area contributed by atoms with Crippen molar-refractivity contribution >= 4 is 39.3 Å². The molecular weight excluding hydrogens is 491 g/mol. The Kier molecular flexibility index (Phi) is 7.89. The number of anilines is 1. The Morgan fingerprint density at radius 2 is 2.03 bits per heavy atom. The predicted molar refractivity (Wildman–Crippen MR) is 121 cm³/mol. The minimum Gasteiger partial charge on any atom is -0.404 e. The standard InChI is InChI=1S/C21H23BrF3N5O2/c1-11(6-14(22)8-26)12(2)19(32)28-15-4-5-17(23)16(7-15)21(20(24)25)10-30(13(3)31)9-18(27)29-21/h4-8,20H,2,9-10,26H2,1,3H3,(H2,27,29)(H,28,32)/b11-6-,14-8+. The molecule has 0 fully saturated rings. The molecule has 11 heteroatoms. The summed E-state index contributed by atoms with van der Waals surface area (Å²) in [7, 11) is 0. The smallest absolute Gasteiger partial charge is 0.269 e. The molecule has 1 heterocycles. The lowest BCUT2D eigenvalue weighted by molar-refractivity contribution is -0.130. The van der Waals surface area contributed by atoms with Crippen LogP contribution in [-0.2, 0) is 15.1 Å². The number of alkyl halides is 2. The third-order valence-electron chi connectivity index (χ3n) is 4.89. The Balaban J connectivity index is 2.44. The summed E-state index contributed by atoms with van der Waals surface area (Å²) in [6, 6.07) is 3.21. The number of nitrogens with zero attached hydrogens (tertiary/aromatic N) is 2. The summed E-state index contributed by atoms with van der Waals surface area (Å²) in [4.78, 5) is 29.3. The van der Waals surface area contributed by atoms with E-state index in [0.29, 0.717) is 10.1 Å². The van der Waals surface area contributed by atoms with Crippen LogP contribution in [0.5, 0.6) is 0 Å². The maximum absolute atomic E-state index is 14.7. The topological polar surface area (TPSA) is 114 Å². The summed E-state index contributed by atoms with van der Waals surface area (Å²) < 4.78 is 43.7. The Bertz CT molecular complexity index is 1040. The van der Waals surface area contributed by atoms with Crippen LogP contribution < -0.4 is 16.8 Å². The quantitative estimate of drug-likeness (QED) is 0.400. The van der Waals surface area contributed by atoms with Crippen LogP contribution >= 0.6 is 15.9 Å². The molecule has 2 rings (SSSR count). The number of hydrogen-bond acceptors (Lipinski definition) is 5. The van der Waals surface area contributed by atoms with Crippen LogP contribution in [-0.4, -0.2) is 42.1 Å². The molecule has 0 saturated carbocycles. The molecule has 7 nitrogen and oxygen atoms in total. The second kappa shape index (κ2) is 10.0. The largest absolute Gasteiger partial charge is 0.404 e. The number of benzene rings is 1. The summed E-state index contributed by atoms with van der Waals surface area (Å²) in [5, 5.41) is 2.50. The van der Waals surface area contributed by atoms with Gasteiger partial charge >= 0.3 is 0 Å². The second-order valence-electron chi connectivity index (χ2n) is 7.21. The number of carbonyl (C=O) groups excluding carboxylic acids is 2. The van der Waals surface area contributed by atoms with E-state index >= 15 is 0 Å². The molecule has 5 N–H and O–H groups in total. The fraction of sp³-hybridized carbons (Fsp3) is 0.286. The minimum atomic E-state index is -3.18. The number of amides is 2. The van der Waals surface area contributed by atoms with E-state index in [1.165, 1.54) is 19.2 Å². The molecule has 1 aromatic carbocycles. The maximum atomic E-state index is 14.7. The molecule has 1 atom stereocenters. The molecule has 32 heavy (non-hydrogen) atoms. The lowest BCUT2D eigenvalue weighted by Crippen LogP contribution is -2.54. The molecule has 0 radical (unpaired) electrons. The fourth-order valence-corrected chi connectivity index (χ4v) is 3.48. The van der Waals surface area contributed by atoms with Gasteiger partial charge in [0.25, 0.3) is 12.3 Å². The SMILES string of the molecule is C=C(C(=O)Nc1ccc(F)c(C2(C(F)F)CN(C(C)=O)CC(N)=N2)c1)/C(C)=C\C(Br)=C/N. The first-order chi connectivity index (χ1) is 14.9. The molecule has 1 unspecified atom stereocenters. The van der Waals surface area contributed by atoms with Gasteiger partial charge in [0.1, 0.15) is 11.7 Å². The van der Waals surface area contributed by atoms with E-state index in [1.54, 1.807) is 13.0 Å². The number of nitrogens with two attached hydrogens (primary N) is 2. The number of allylic oxidation sites excluding steroid dienone is 2. The highest BCUT2D eigenvalue weighted by atomic mass is 79.9. The molecule has 0 bridgehead atoms. The van der Waals surface area contributed by atoms with Gasteiger partial charge in [0, 0.05) is 34.4 Å². The van der Waals surface area contributed by atoms with E-state index in [4.69, 9.17) is 11.5 Å². The van der Waals surface area contributed by atoms with Gasteiger partial charge in [-0.2, -0.15) is 0 Å². The van der Waals surface area contributed by atoms with E-state index in [0.717, 1.165) is 17.0 Å². The van der Waals surface area contributed by atoms with Crippen LogP contribution in [0.15, 0.2) is 57.7 Å². The number of rotatable bonds is 6. The highest BCUT2D eigenvalue weighted by Gasteiger charge is 2.48. The fourth-order valence-electron chi connectivity index (χ4n) is 3.14. The third-order valence-corrected chi connectivity index (χ3v) is 5.38. The molecular formula is C21H23BrF3N5O2. The highest BCUT2D eigenvalue weighted by Crippen LogP contribution is 2.38. The number of aliphatic imine (C=N–C) groups is 1. The van der Waals surface area contributed by atoms with Crippen molar-refractivity contribution in [1.82, 2.24) is 4.90 Å². The van der Waals surface area contributed by atoms with Gasteiger partial charge in [0.15, 0.2) is 5.54 Å². The Morgan fingerprint density at radius 3 is 2.59 bits per heavy atom. The van der Waals surface area contributed by atoms with Crippen molar-refractivity contribution in [3.05, 3.63) is 64.1 Å². The van der Waals surface area contributed by atoms with Crippen LogP contribution in [0.1, 0.15) is 19.4 Å². The van der Waals surface area contributed by atoms with Gasteiger partial charge in [-0.3, -0.25) is 14.6 Å². The first kappa shape index (κ1) is 25.2. The lowest BCUT2D eigenvalue weighted by Gasteiger charge is -2.39. The van der Waals surface area contributed by atoms with Gasteiger partial charge in [-0.15, -0.1) is 0 Å². The minimum absolute atomic E-state index is 0.0440. The molecule has 2 amide bonds. The van der Waals surface area contributed by atoms with Crippen molar-refractivity contribution < 1.29 is 22.8 Å². The Labute approximate surface area is 191 Å². The first-order valence-electron chi connectivity index (χ1n) is 9.35. The van der Waals surface area contributed by atoms with Gasteiger partial charge in [0.2, 0.25) is 5.91 Å². The zero-order valence-electron chi connectivity index (χ0n) is 17.5. The monoisotopic (exact) mass is 513 g/mol. The molecule has 0 saturated heterocycles.